The molecule has 4 nitrogen and oxygen atoms in total. The molecule has 2 heterocycles. The molecule has 0 saturated carbocycles. The Morgan fingerprint density at radius 1 is 1.10 bits per heavy atom. The van der Waals surface area contributed by atoms with Crippen molar-refractivity contribution >= 4 is 27.0 Å². The lowest BCUT2D eigenvalue weighted by molar-refractivity contribution is 0.174. The molecule has 0 fully saturated rings. The van der Waals surface area contributed by atoms with Crippen LogP contribution in [0.5, 0.6) is 11.5 Å². The van der Waals surface area contributed by atoms with Gasteiger partial charge in [0.05, 0.1) is 0 Å². The van der Waals surface area contributed by atoms with Gasteiger partial charge in [0.1, 0.15) is 5.52 Å². The zero-order valence-corrected chi connectivity index (χ0v) is 12.7. The van der Waals surface area contributed by atoms with Crippen LogP contribution in [-0.2, 0) is 6.42 Å². The number of ether oxygens (including phenoxy) is 2. The minimum atomic E-state index is 0.111. The van der Waals surface area contributed by atoms with E-state index in [1.165, 1.54) is 0 Å². The van der Waals surface area contributed by atoms with E-state index in [1.807, 2.05) is 42.5 Å². The lowest BCUT2D eigenvalue weighted by Gasteiger charge is -2.08. The second-order valence-corrected chi connectivity index (χ2v) is 5.97. The molecule has 1 atom stereocenters. The van der Waals surface area contributed by atoms with E-state index < -0.39 is 0 Å². The predicted octanol–water partition coefficient (Wildman–Crippen LogP) is 4.24. The summed E-state index contributed by atoms with van der Waals surface area (Å²) in [6.45, 7) is 0.289. The van der Waals surface area contributed by atoms with Gasteiger partial charge in [0.2, 0.25) is 6.79 Å². The Bertz CT molecular complexity index is 766. The van der Waals surface area contributed by atoms with Crippen LogP contribution in [0.2, 0.25) is 0 Å². The van der Waals surface area contributed by atoms with Gasteiger partial charge in [-0.3, -0.25) is 0 Å². The average Bonchev–Trinajstić information content (AvgIpc) is 3.11. The van der Waals surface area contributed by atoms with Crippen LogP contribution in [0.25, 0.3) is 11.1 Å². The van der Waals surface area contributed by atoms with Crippen LogP contribution in [0, 0.1) is 0 Å². The molecule has 21 heavy (non-hydrogen) atoms. The summed E-state index contributed by atoms with van der Waals surface area (Å²) in [6, 6.07) is 13.7. The second kappa shape index (κ2) is 5.07. The first-order chi connectivity index (χ1) is 10.3. The number of halogens is 1. The lowest BCUT2D eigenvalue weighted by Crippen LogP contribution is -1.96. The fourth-order valence-electron chi connectivity index (χ4n) is 2.39. The van der Waals surface area contributed by atoms with Crippen LogP contribution in [0.1, 0.15) is 16.3 Å². The molecule has 0 aliphatic carbocycles. The van der Waals surface area contributed by atoms with E-state index in [9.17, 15) is 0 Å². The Balaban J connectivity index is 1.58. The number of hydrogen-bond donors (Lipinski definition) is 0. The van der Waals surface area contributed by atoms with E-state index in [0.29, 0.717) is 6.42 Å². The first kappa shape index (κ1) is 12.7. The number of para-hydroxylation sites is 2. The maximum atomic E-state index is 5.76. The van der Waals surface area contributed by atoms with Gasteiger partial charge in [-0.15, -0.1) is 0 Å². The van der Waals surface area contributed by atoms with Gasteiger partial charge in [0, 0.05) is 11.2 Å². The van der Waals surface area contributed by atoms with E-state index in [-0.39, 0.29) is 11.6 Å². The van der Waals surface area contributed by atoms with Crippen LogP contribution in [0.4, 0.5) is 0 Å². The molecule has 4 rings (SSSR count). The monoisotopic (exact) mass is 345 g/mol. The van der Waals surface area contributed by atoms with E-state index in [1.54, 1.807) is 0 Å². The third-order valence-corrected chi connectivity index (χ3v) is 4.30. The molecule has 1 aliphatic heterocycles. The molecule has 3 aromatic rings. The number of fused-ring (bicyclic) bond motifs is 2. The average molecular weight is 346 g/mol. The molecule has 0 bridgehead atoms. The van der Waals surface area contributed by atoms with Crippen LogP contribution in [0.15, 0.2) is 46.9 Å². The summed E-state index contributed by atoms with van der Waals surface area (Å²) in [5.41, 5.74) is 2.82. The lowest BCUT2D eigenvalue weighted by atomic mass is 10.1. The topological polar surface area (TPSA) is 44.5 Å². The fourth-order valence-corrected chi connectivity index (χ4v) is 2.95. The summed E-state index contributed by atoms with van der Waals surface area (Å²) in [6.07, 6.45) is 0.675. The van der Waals surface area contributed by atoms with Gasteiger partial charge >= 0.3 is 0 Å². The highest BCUT2D eigenvalue weighted by Crippen LogP contribution is 2.37. The van der Waals surface area contributed by atoms with Crippen molar-refractivity contribution in [3.05, 3.63) is 53.9 Å². The van der Waals surface area contributed by atoms with Crippen molar-refractivity contribution in [1.82, 2.24) is 4.98 Å². The quantitative estimate of drug-likeness (QED) is 0.666. The van der Waals surface area contributed by atoms with Crippen molar-refractivity contribution in [3.63, 3.8) is 0 Å². The number of oxazole rings is 1. The second-order valence-electron chi connectivity index (χ2n) is 4.86. The third-order valence-electron chi connectivity index (χ3n) is 3.45. The SMILES string of the molecule is BrC(Cc1nc2ccccc2o1)c1ccc2c(c1)OCO2. The highest BCUT2D eigenvalue weighted by molar-refractivity contribution is 9.09. The molecule has 0 spiro atoms. The summed E-state index contributed by atoms with van der Waals surface area (Å²) in [5.74, 6) is 2.30. The number of benzene rings is 2. The maximum absolute atomic E-state index is 5.76. The largest absolute Gasteiger partial charge is 0.454 e. The van der Waals surface area contributed by atoms with Gasteiger partial charge in [-0.2, -0.15) is 0 Å². The number of alkyl halides is 1. The van der Waals surface area contributed by atoms with Gasteiger partial charge in [0.15, 0.2) is 23.0 Å². The standard InChI is InChI=1S/C16H12BrNO3/c17-11(10-5-6-14-15(7-10)20-9-19-14)8-16-18-12-3-1-2-4-13(12)21-16/h1-7,11H,8-9H2. The van der Waals surface area contributed by atoms with Crippen molar-refractivity contribution in [2.75, 3.05) is 6.79 Å². The van der Waals surface area contributed by atoms with Gasteiger partial charge in [0.25, 0.3) is 0 Å². The maximum Gasteiger partial charge on any atom is 0.231 e. The minimum absolute atomic E-state index is 0.111. The molecule has 2 aromatic carbocycles. The van der Waals surface area contributed by atoms with Crippen LogP contribution in [-0.4, -0.2) is 11.8 Å². The van der Waals surface area contributed by atoms with Crippen molar-refractivity contribution in [3.8, 4) is 11.5 Å². The third kappa shape index (κ3) is 2.38. The first-order valence-electron chi connectivity index (χ1n) is 6.68. The summed E-state index contributed by atoms with van der Waals surface area (Å²) >= 11 is 3.69. The van der Waals surface area contributed by atoms with Gasteiger partial charge in [-0.25, -0.2) is 4.98 Å². The summed E-state index contributed by atoms with van der Waals surface area (Å²) in [4.78, 5) is 4.61. The Labute approximate surface area is 129 Å². The zero-order chi connectivity index (χ0) is 14.2. The summed E-state index contributed by atoms with van der Waals surface area (Å²) in [5, 5.41) is 0. The van der Waals surface area contributed by atoms with Crippen molar-refractivity contribution in [1.29, 1.82) is 0 Å². The van der Waals surface area contributed by atoms with Gasteiger partial charge < -0.3 is 13.9 Å². The molecule has 1 aliphatic rings. The molecule has 1 aromatic heterocycles. The molecular formula is C16H12BrNO3. The highest BCUT2D eigenvalue weighted by Gasteiger charge is 2.18. The number of aromatic nitrogens is 1. The molecule has 0 radical (unpaired) electrons. The highest BCUT2D eigenvalue weighted by atomic mass is 79.9. The van der Waals surface area contributed by atoms with E-state index in [4.69, 9.17) is 13.9 Å². The minimum Gasteiger partial charge on any atom is -0.454 e. The molecule has 1 unspecified atom stereocenters. The Morgan fingerprint density at radius 2 is 1.95 bits per heavy atom. The molecular weight excluding hydrogens is 334 g/mol. The molecule has 0 N–H and O–H groups in total. The number of nitrogens with zero attached hydrogens (tertiary/aromatic N) is 1. The Kier molecular flexibility index (Phi) is 3.07. The van der Waals surface area contributed by atoms with Crippen molar-refractivity contribution in [2.45, 2.75) is 11.2 Å². The summed E-state index contributed by atoms with van der Waals surface area (Å²) < 4.78 is 16.5. The van der Waals surface area contributed by atoms with E-state index in [0.717, 1.165) is 34.1 Å². The van der Waals surface area contributed by atoms with E-state index in [2.05, 4.69) is 20.9 Å². The first-order valence-corrected chi connectivity index (χ1v) is 7.59. The molecule has 106 valence electrons. The van der Waals surface area contributed by atoms with E-state index >= 15 is 0 Å². The normalized spacial score (nSPS) is 14.5. The smallest absolute Gasteiger partial charge is 0.231 e. The molecule has 0 amide bonds. The number of hydrogen-bond acceptors (Lipinski definition) is 4. The zero-order valence-electron chi connectivity index (χ0n) is 11.1. The molecule has 5 heteroatoms. The fraction of sp³-hybridized carbons (Fsp3) is 0.188. The van der Waals surface area contributed by atoms with Crippen LogP contribution in [0.3, 0.4) is 0 Å². The predicted molar refractivity (Wildman–Crippen MR) is 81.9 cm³/mol. The Hall–Kier alpha value is -2.01. The van der Waals surface area contributed by atoms with Gasteiger partial charge in [-0.1, -0.05) is 34.1 Å². The molecule has 0 saturated heterocycles. The van der Waals surface area contributed by atoms with Crippen LogP contribution >= 0.6 is 15.9 Å². The van der Waals surface area contributed by atoms with Gasteiger partial charge in [-0.05, 0) is 29.8 Å². The van der Waals surface area contributed by atoms with Crippen molar-refractivity contribution < 1.29 is 13.9 Å². The van der Waals surface area contributed by atoms with Crippen LogP contribution < -0.4 is 9.47 Å². The van der Waals surface area contributed by atoms with Crippen molar-refractivity contribution in [2.24, 2.45) is 0 Å². The number of rotatable bonds is 3. The summed E-state index contributed by atoms with van der Waals surface area (Å²) in [7, 11) is 0. The Morgan fingerprint density at radius 3 is 2.86 bits per heavy atom.